The van der Waals surface area contributed by atoms with Gasteiger partial charge in [0.2, 0.25) is 5.13 Å². The molecule has 1 atom stereocenters. The second-order valence-electron chi connectivity index (χ2n) is 6.36. The topological polar surface area (TPSA) is 92.5 Å². The van der Waals surface area contributed by atoms with E-state index in [2.05, 4.69) is 20.8 Å². The van der Waals surface area contributed by atoms with Crippen LogP contribution in [0.3, 0.4) is 0 Å². The van der Waals surface area contributed by atoms with Crippen LogP contribution in [-0.2, 0) is 6.42 Å². The number of amides is 2. The molecule has 2 heterocycles. The van der Waals surface area contributed by atoms with Gasteiger partial charge in [0, 0.05) is 13.0 Å². The molecule has 148 valence electrons. The molecule has 2 N–H and O–H groups in total. The lowest BCUT2D eigenvalue weighted by molar-refractivity contribution is 0.233. The molecular formula is C19H23N5O3S. The molecule has 0 aliphatic heterocycles. The number of methoxy groups -OCH3 is 1. The summed E-state index contributed by atoms with van der Waals surface area (Å²) in [6, 6.07) is 11.1. The predicted molar refractivity (Wildman–Crippen MR) is 108 cm³/mol. The Morgan fingerprint density at radius 3 is 2.86 bits per heavy atom. The minimum absolute atomic E-state index is 0.0567. The molecule has 0 aliphatic rings. The Labute approximate surface area is 167 Å². The number of benzene rings is 1. The van der Waals surface area contributed by atoms with Gasteiger partial charge in [-0.05, 0) is 43.9 Å². The number of rotatable bonds is 8. The molecular weight excluding hydrogens is 378 g/mol. The van der Waals surface area contributed by atoms with E-state index in [4.69, 9.17) is 9.15 Å². The Kier molecular flexibility index (Phi) is 6.62. The summed E-state index contributed by atoms with van der Waals surface area (Å²) in [5.41, 5.74) is 1.07. The van der Waals surface area contributed by atoms with Crippen molar-refractivity contribution in [1.82, 2.24) is 20.4 Å². The van der Waals surface area contributed by atoms with E-state index in [1.165, 1.54) is 11.3 Å². The van der Waals surface area contributed by atoms with E-state index >= 15 is 0 Å². The van der Waals surface area contributed by atoms with Crippen molar-refractivity contribution in [2.75, 3.05) is 33.1 Å². The summed E-state index contributed by atoms with van der Waals surface area (Å²) in [4.78, 5) is 14.2. The van der Waals surface area contributed by atoms with Gasteiger partial charge in [-0.2, -0.15) is 0 Å². The summed E-state index contributed by atoms with van der Waals surface area (Å²) in [7, 11) is 5.50. The van der Waals surface area contributed by atoms with Gasteiger partial charge in [0.1, 0.15) is 16.5 Å². The number of aromatic nitrogens is 2. The smallest absolute Gasteiger partial charge is 0.321 e. The molecule has 0 aliphatic carbocycles. The van der Waals surface area contributed by atoms with Gasteiger partial charge in [-0.15, -0.1) is 10.2 Å². The van der Waals surface area contributed by atoms with Crippen molar-refractivity contribution >= 4 is 22.5 Å². The van der Waals surface area contributed by atoms with Crippen molar-refractivity contribution < 1.29 is 13.9 Å². The first-order valence-electron chi connectivity index (χ1n) is 8.75. The first-order chi connectivity index (χ1) is 13.5. The molecule has 2 amide bonds. The number of anilines is 1. The molecule has 1 unspecified atom stereocenters. The van der Waals surface area contributed by atoms with Crippen molar-refractivity contribution in [3.05, 3.63) is 59.0 Å². The Balaban J connectivity index is 1.53. The number of ether oxygens (including phenoxy) is 1. The van der Waals surface area contributed by atoms with Gasteiger partial charge in [0.25, 0.3) is 0 Å². The van der Waals surface area contributed by atoms with Crippen molar-refractivity contribution in [3.63, 3.8) is 0 Å². The summed E-state index contributed by atoms with van der Waals surface area (Å²) < 4.78 is 10.7. The SMILES string of the molecule is COc1cccc(Cc2nnc(NC(=O)NCC(c3ccco3)N(C)C)s2)c1. The van der Waals surface area contributed by atoms with Gasteiger partial charge in [0.05, 0.1) is 19.4 Å². The fraction of sp³-hybridized carbons (Fsp3) is 0.316. The first-order valence-corrected chi connectivity index (χ1v) is 9.57. The van der Waals surface area contributed by atoms with E-state index in [1.807, 2.05) is 55.4 Å². The predicted octanol–water partition coefficient (Wildman–Crippen LogP) is 3.15. The van der Waals surface area contributed by atoms with Gasteiger partial charge >= 0.3 is 6.03 Å². The molecule has 8 nitrogen and oxygen atoms in total. The average molecular weight is 401 g/mol. The maximum atomic E-state index is 12.2. The summed E-state index contributed by atoms with van der Waals surface area (Å²) in [5.74, 6) is 1.59. The standard InChI is InChI=1S/C19H23N5O3S/c1-24(2)15(16-8-5-9-27-16)12-20-18(25)21-19-23-22-17(28-19)11-13-6-4-7-14(10-13)26-3/h4-10,15H,11-12H2,1-3H3,(H2,20,21,23,25). The highest BCUT2D eigenvalue weighted by Crippen LogP contribution is 2.21. The van der Waals surface area contributed by atoms with Crippen LogP contribution in [0.1, 0.15) is 22.4 Å². The zero-order chi connectivity index (χ0) is 19.9. The van der Waals surface area contributed by atoms with Crippen LogP contribution in [0.2, 0.25) is 0 Å². The minimum atomic E-state index is -0.331. The number of hydrogen-bond acceptors (Lipinski definition) is 7. The van der Waals surface area contributed by atoms with Crippen LogP contribution in [0.5, 0.6) is 5.75 Å². The van der Waals surface area contributed by atoms with Crippen molar-refractivity contribution in [1.29, 1.82) is 0 Å². The minimum Gasteiger partial charge on any atom is -0.497 e. The molecule has 3 aromatic rings. The first kappa shape index (κ1) is 19.8. The third-order valence-corrected chi connectivity index (χ3v) is 4.97. The highest BCUT2D eigenvalue weighted by molar-refractivity contribution is 7.15. The number of nitrogens with one attached hydrogen (secondary N) is 2. The van der Waals surface area contributed by atoms with Crippen LogP contribution in [-0.4, -0.2) is 48.9 Å². The zero-order valence-corrected chi connectivity index (χ0v) is 16.8. The van der Waals surface area contributed by atoms with Crippen molar-refractivity contribution in [3.8, 4) is 5.75 Å². The second kappa shape index (κ2) is 9.34. The second-order valence-corrected chi connectivity index (χ2v) is 7.42. The Bertz CT molecular complexity index is 895. The lowest BCUT2D eigenvalue weighted by Gasteiger charge is -2.22. The van der Waals surface area contributed by atoms with E-state index in [9.17, 15) is 4.79 Å². The fourth-order valence-electron chi connectivity index (χ4n) is 2.68. The average Bonchev–Trinajstić information content (AvgIpc) is 3.34. The quantitative estimate of drug-likeness (QED) is 0.602. The lowest BCUT2D eigenvalue weighted by Crippen LogP contribution is -2.36. The van der Waals surface area contributed by atoms with Gasteiger partial charge in [0.15, 0.2) is 0 Å². The number of nitrogens with zero attached hydrogens (tertiary/aromatic N) is 3. The van der Waals surface area contributed by atoms with Crippen LogP contribution in [0, 0.1) is 0 Å². The van der Waals surface area contributed by atoms with E-state index in [1.54, 1.807) is 13.4 Å². The number of carbonyl (C=O) groups excluding carboxylic acids is 1. The Morgan fingerprint density at radius 1 is 1.29 bits per heavy atom. The molecule has 2 aromatic heterocycles. The molecule has 0 radical (unpaired) electrons. The highest BCUT2D eigenvalue weighted by atomic mass is 32.1. The molecule has 0 saturated carbocycles. The largest absolute Gasteiger partial charge is 0.497 e. The Morgan fingerprint density at radius 2 is 2.14 bits per heavy atom. The van der Waals surface area contributed by atoms with Gasteiger partial charge in [-0.1, -0.05) is 23.5 Å². The normalized spacial score (nSPS) is 12.0. The molecule has 0 spiro atoms. The summed E-state index contributed by atoms with van der Waals surface area (Å²) in [6.07, 6.45) is 2.25. The maximum Gasteiger partial charge on any atom is 0.321 e. The summed E-state index contributed by atoms with van der Waals surface area (Å²) in [5, 5.41) is 15.0. The van der Waals surface area contributed by atoms with Crippen LogP contribution in [0.15, 0.2) is 47.1 Å². The van der Waals surface area contributed by atoms with Crippen LogP contribution < -0.4 is 15.4 Å². The fourth-order valence-corrected chi connectivity index (χ4v) is 3.45. The van der Waals surface area contributed by atoms with Crippen molar-refractivity contribution in [2.24, 2.45) is 0 Å². The zero-order valence-electron chi connectivity index (χ0n) is 16.0. The van der Waals surface area contributed by atoms with Crippen LogP contribution in [0.4, 0.5) is 9.93 Å². The van der Waals surface area contributed by atoms with Crippen molar-refractivity contribution in [2.45, 2.75) is 12.5 Å². The molecule has 0 saturated heterocycles. The summed E-state index contributed by atoms with van der Waals surface area (Å²) >= 11 is 1.34. The van der Waals surface area contributed by atoms with Gasteiger partial charge < -0.3 is 14.5 Å². The molecule has 28 heavy (non-hydrogen) atoms. The number of urea groups is 1. The van der Waals surface area contributed by atoms with Crippen LogP contribution in [0.25, 0.3) is 0 Å². The van der Waals surface area contributed by atoms with E-state index in [0.29, 0.717) is 18.1 Å². The number of hydrogen-bond donors (Lipinski definition) is 2. The number of furan rings is 1. The van der Waals surface area contributed by atoms with Crippen LogP contribution >= 0.6 is 11.3 Å². The molecule has 9 heteroatoms. The lowest BCUT2D eigenvalue weighted by atomic mass is 10.1. The van der Waals surface area contributed by atoms with E-state index < -0.39 is 0 Å². The third-order valence-electron chi connectivity index (χ3n) is 4.13. The monoisotopic (exact) mass is 401 g/mol. The third kappa shape index (κ3) is 5.30. The molecule has 0 fully saturated rings. The number of carbonyl (C=O) groups is 1. The Hall–Kier alpha value is -2.91. The molecule has 3 rings (SSSR count). The van der Waals surface area contributed by atoms with E-state index in [0.717, 1.165) is 22.1 Å². The maximum absolute atomic E-state index is 12.2. The van der Waals surface area contributed by atoms with Gasteiger partial charge in [-0.3, -0.25) is 10.2 Å². The summed E-state index contributed by atoms with van der Waals surface area (Å²) in [6.45, 7) is 0.405. The molecule has 1 aromatic carbocycles. The number of likely N-dealkylation sites (N-methyl/N-ethyl adjacent to an activating group) is 1. The van der Waals surface area contributed by atoms with E-state index in [-0.39, 0.29) is 12.1 Å². The van der Waals surface area contributed by atoms with Gasteiger partial charge in [-0.25, -0.2) is 4.79 Å². The highest BCUT2D eigenvalue weighted by Gasteiger charge is 2.18. The molecule has 0 bridgehead atoms.